The minimum atomic E-state index is 0.443. The first-order valence-electron chi connectivity index (χ1n) is 6.90. The summed E-state index contributed by atoms with van der Waals surface area (Å²) < 4.78 is 0. The molecule has 0 bridgehead atoms. The molecule has 4 atom stereocenters. The Morgan fingerprint density at radius 2 is 2.22 bits per heavy atom. The molecular weight excluding hydrogens is 242 g/mol. The number of nitrogens with one attached hydrogen (secondary N) is 1. The second-order valence-corrected chi connectivity index (χ2v) is 6.77. The van der Waals surface area contributed by atoms with Gasteiger partial charge in [-0.3, -0.25) is 4.90 Å². The lowest BCUT2D eigenvalue weighted by atomic mass is 9.86. The number of aryl methyl sites for hydroxylation is 1. The van der Waals surface area contributed by atoms with Crippen LogP contribution in [-0.4, -0.2) is 35.6 Å². The smallest absolute Gasteiger partial charge is 0.110 e. The van der Waals surface area contributed by atoms with Crippen molar-refractivity contribution in [1.82, 2.24) is 15.2 Å². The van der Waals surface area contributed by atoms with E-state index in [1.54, 1.807) is 0 Å². The predicted octanol–water partition coefficient (Wildman–Crippen LogP) is 2.83. The molecule has 4 heteroatoms. The molecule has 1 aliphatic rings. The van der Waals surface area contributed by atoms with E-state index in [0.717, 1.165) is 6.54 Å². The fourth-order valence-electron chi connectivity index (χ4n) is 3.05. The first kappa shape index (κ1) is 14.0. The summed E-state index contributed by atoms with van der Waals surface area (Å²) >= 11 is 1.83. The van der Waals surface area contributed by atoms with E-state index in [1.807, 2.05) is 17.5 Å². The first-order valence-corrected chi connectivity index (χ1v) is 7.71. The molecule has 0 aliphatic carbocycles. The fraction of sp³-hybridized carbons (Fsp3) is 0.786. The van der Waals surface area contributed by atoms with Crippen LogP contribution in [0.3, 0.4) is 0 Å². The summed E-state index contributed by atoms with van der Waals surface area (Å²) in [5.41, 5.74) is 0. The van der Waals surface area contributed by atoms with Gasteiger partial charge in [0.1, 0.15) is 5.01 Å². The van der Waals surface area contributed by atoms with Crippen molar-refractivity contribution in [3.05, 3.63) is 16.1 Å². The van der Waals surface area contributed by atoms with Crippen molar-refractivity contribution in [1.29, 1.82) is 0 Å². The van der Waals surface area contributed by atoms with E-state index in [-0.39, 0.29) is 0 Å². The molecule has 0 radical (unpaired) electrons. The number of hydrogen-bond acceptors (Lipinski definition) is 4. The van der Waals surface area contributed by atoms with Gasteiger partial charge in [0, 0.05) is 29.7 Å². The van der Waals surface area contributed by atoms with Crippen LogP contribution in [0.15, 0.2) is 6.20 Å². The van der Waals surface area contributed by atoms with E-state index < -0.39 is 0 Å². The molecule has 1 fully saturated rings. The van der Waals surface area contributed by atoms with Crippen molar-refractivity contribution in [2.75, 3.05) is 13.6 Å². The SMILES string of the molecule is CNC1CCN(C(C)c2ncc(C)s2)C(C)C1C. The van der Waals surface area contributed by atoms with Crippen molar-refractivity contribution < 1.29 is 0 Å². The molecule has 0 saturated carbocycles. The number of nitrogens with zero attached hydrogens (tertiary/aromatic N) is 2. The molecular formula is C14H25N3S. The van der Waals surface area contributed by atoms with Gasteiger partial charge in [-0.15, -0.1) is 11.3 Å². The normalized spacial score (nSPS) is 31.5. The summed E-state index contributed by atoms with van der Waals surface area (Å²) in [5.74, 6) is 0.687. The summed E-state index contributed by atoms with van der Waals surface area (Å²) in [4.78, 5) is 8.47. The van der Waals surface area contributed by atoms with Crippen LogP contribution in [0, 0.1) is 12.8 Å². The Morgan fingerprint density at radius 1 is 1.50 bits per heavy atom. The molecule has 0 aromatic carbocycles. The van der Waals surface area contributed by atoms with Gasteiger partial charge in [0.2, 0.25) is 0 Å². The third-order valence-electron chi connectivity index (χ3n) is 4.48. The summed E-state index contributed by atoms with van der Waals surface area (Å²) in [5, 5.41) is 4.71. The van der Waals surface area contributed by atoms with Gasteiger partial charge >= 0.3 is 0 Å². The van der Waals surface area contributed by atoms with Crippen LogP contribution < -0.4 is 5.32 Å². The highest BCUT2D eigenvalue weighted by molar-refractivity contribution is 7.11. The summed E-state index contributed by atoms with van der Waals surface area (Å²) in [6.07, 6.45) is 3.22. The zero-order chi connectivity index (χ0) is 13.3. The van der Waals surface area contributed by atoms with Gasteiger partial charge in [0.15, 0.2) is 0 Å². The van der Waals surface area contributed by atoms with Crippen molar-refractivity contribution in [2.24, 2.45) is 5.92 Å². The Hall–Kier alpha value is -0.450. The number of piperidine rings is 1. The molecule has 102 valence electrons. The highest BCUT2D eigenvalue weighted by Crippen LogP contribution is 2.32. The number of hydrogen-bond donors (Lipinski definition) is 1. The lowest BCUT2D eigenvalue weighted by Gasteiger charge is -2.45. The van der Waals surface area contributed by atoms with Crippen LogP contribution >= 0.6 is 11.3 Å². The number of aromatic nitrogens is 1. The second kappa shape index (κ2) is 5.68. The van der Waals surface area contributed by atoms with Crippen LogP contribution in [-0.2, 0) is 0 Å². The molecule has 2 rings (SSSR count). The minimum absolute atomic E-state index is 0.443. The number of rotatable bonds is 3. The highest BCUT2D eigenvalue weighted by Gasteiger charge is 2.34. The topological polar surface area (TPSA) is 28.2 Å². The molecule has 1 N–H and O–H groups in total. The molecule has 3 nitrogen and oxygen atoms in total. The summed E-state index contributed by atoms with van der Waals surface area (Å²) in [6.45, 7) is 10.3. The quantitative estimate of drug-likeness (QED) is 0.913. The molecule has 1 aromatic rings. The Kier molecular flexibility index (Phi) is 4.41. The molecule has 18 heavy (non-hydrogen) atoms. The lowest BCUT2D eigenvalue weighted by Crippen LogP contribution is -2.53. The van der Waals surface area contributed by atoms with Gasteiger partial charge in [-0.2, -0.15) is 0 Å². The van der Waals surface area contributed by atoms with E-state index >= 15 is 0 Å². The maximum atomic E-state index is 4.55. The lowest BCUT2D eigenvalue weighted by molar-refractivity contribution is 0.0544. The second-order valence-electron chi connectivity index (χ2n) is 5.51. The van der Waals surface area contributed by atoms with E-state index in [2.05, 4.69) is 49.9 Å². The minimum Gasteiger partial charge on any atom is -0.317 e. The molecule has 4 unspecified atom stereocenters. The van der Waals surface area contributed by atoms with Gasteiger partial charge in [-0.25, -0.2) is 4.98 Å². The molecule has 1 saturated heterocycles. The Labute approximate surface area is 115 Å². The van der Waals surface area contributed by atoms with Crippen molar-refractivity contribution in [3.63, 3.8) is 0 Å². The van der Waals surface area contributed by atoms with Crippen LogP contribution in [0.2, 0.25) is 0 Å². The zero-order valence-electron chi connectivity index (χ0n) is 12.1. The fourth-order valence-corrected chi connectivity index (χ4v) is 3.90. The molecule has 0 amide bonds. The Bertz CT molecular complexity index is 390. The average Bonchev–Trinajstić information content (AvgIpc) is 2.78. The molecule has 1 aliphatic heterocycles. The van der Waals surface area contributed by atoms with Gasteiger partial charge in [0.25, 0.3) is 0 Å². The summed E-state index contributed by atoms with van der Waals surface area (Å²) in [7, 11) is 2.08. The maximum absolute atomic E-state index is 4.55. The Balaban J connectivity index is 2.09. The van der Waals surface area contributed by atoms with Crippen molar-refractivity contribution >= 4 is 11.3 Å². The van der Waals surface area contributed by atoms with Crippen LogP contribution in [0.5, 0.6) is 0 Å². The zero-order valence-corrected chi connectivity index (χ0v) is 12.9. The third kappa shape index (κ3) is 2.60. The molecule has 0 spiro atoms. The third-order valence-corrected chi connectivity index (χ3v) is 5.56. The van der Waals surface area contributed by atoms with E-state index in [1.165, 1.54) is 16.3 Å². The number of likely N-dealkylation sites (tertiary alicyclic amines) is 1. The van der Waals surface area contributed by atoms with Gasteiger partial charge in [-0.05, 0) is 40.2 Å². The maximum Gasteiger partial charge on any atom is 0.110 e. The highest BCUT2D eigenvalue weighted by atomic mass is 32.1. The van der Waals surface area contributed by atoms with E-state index in [4.69, 9.17) is 0 Å². The molecule has 1 aromatic heterocycles. The standard InChI is InChI=1S/C14H25N3S/c1-9-8-16-14(18-9)12(4)17-7-6-13(15-5)10(2)11(17)3/h8,10-13,15H,6-7H2,1-5H3. The summed E-state index contributed by atoms with van der Waals surface area (Å²) in [6, 6.07) is 1.70. The van der Waals surface area contributed by atoms with E-state index in [0.29, 0.717) is 24.0 Å². The molecule has 2 heterocycles. The van der Waals surface area contributed by atoms with Crippen LogP contribution in [0.4, 0.5) is 0 Å². The first-order chi connectivity index (χ1) is 8.54. The average molecular weight is 267 g/mol. The van der Waals surface area contributed by atoms with Crippen molar-refractivity contribution in [3.8, 4) is 0 Å². The van der Waals surface area contributed by atoms with Crippen molar-refractivity contribution in [2.45, 2.75) is 52.2 Å². The van der Waals surface area contributed by atoms with E-state index in [9.17, 15) is 0 Å². The Morgan fingerprint density at radius 3 is 2.78 bits per heavy atom. The monoisotopic (exact) mass is 267 g/mol. The largest absolute Gasteiger partial charge is 0.317 e. The van der Waals surface area contributed by atoms with Crippen LogP contribution in [0.25, 0.3) is 0 Å². The number of thiazole rings is 1. The van der Waals surface area contributed by atoms with Gasteiger partial charge in [0.05, 0.1) is 6.04 Å². The van der Waals surface area contributed by atoms with Gasteiger partial charge < -0.3 is 5.32 Å². The predicted molar refractivity (Wildman–Crippen MR) is 78.1 cm³/mol. The van der Waals surface area contributed by atoms with Gasteiger partial charge in [-0.1, -0.05) is 6.92 Å². The van der Waals surface area contributed by atoms with Crippen LogP contribution in [0.1, 0.15) is 43.1 Å².